The maximum atomic E-state index is 5.81. The topological polar surface area (TPSA) is 64.0 Å². The zero-order valence-electron chi connectivity index (χ0n) is 11.7. The Kier molecular flexibility index (Phi) is 3.56. The fourth-order valence-electron chi connectivity index (χ4n) is 2.25. The molecule has 1 aliphatic heterocycles. The van der Waals surface area contributed by atoms with Crippen molar-refractivity contribution >= 4 is 5.82 Å². The summed E-state index contributed by atoms with van der Waals surface area (Å²) in [5, 5.41) is 8.34. The van der Waals surface area contributed by atoms with Gasteiger partial charge in [0.1, 0.15) is 11.9 Å². The van der Waals surface area contributed by atoms with Crippen molar-refractivity contribution in [1.82, 2.24) is 20.2 Å². The number of nitrogens with zero attached hydrogens (tertiary/aromatic N) is 5. The molecule has 0 spiro atoms. The van der Waals surface area contributed by atoms with Crippen LogP contribution in [0.1, 0.15) is 23.3 Å². The molecule has 0 radical (unpaired) electrons. The van der Waals surface area contributed by atoms with Gasteiger partial charge in [-0.15, -0.1) is 5.10 Å². The van der Waals surface area contributed by atoms with E-state index >= 15 is 0 Å². The van der Waals surface area contributed by atoms with Gasteiger partial charge in [0.05, 0.1) is 24.5 Å². The molecule has 1 saturated heterocycles. The highest BCUT2D eigenvalue weighted by Gasteiger charge is 2.24. The lowest BCUT2D eigenvalue weighted by Gasteiger charge is -2.33. The minimum Gasteiger partial charge on any atom is -0.368 e. The molecule has 3 heterocycles. The van der Waals surface area contributed by atoms with Crippen LogP contribution in [0.3, 0.4) is 0 Å². The lowest BCUT2D eigenvalue weighted by Crippen LogP contribution is -2.39. The van der Waals surface area contributed by atoms with Gasteiger partial charge in [0.15, 0.2) is 5.82 Å². The van der Waals surface area contributed by atoms with E-state index in [1.165, 1.54) is 0 Å². The van der Waals surface area contributed by atoms with Crippen LogP contribution in [0, 0.1) is 13.8 Å². The van der Waals surface area contributed by atoms with Crippen LogP contribution in [0.25, 0.3) is 0 Å². The summed E-state index contributed by atoms with van der Waals surface area (Å²) in [7, 11) is 0. The van der Waals surface area contributed by atoms with Crippen LogP contribution in [0.15, 0.2) is 24.4 Å². The molecule has 1 atom stereocenters. The Hall–Kier alpha value is -2.08. The molecule has 0 N–H and O–H groups in total. The zero-order chi connectivity index (χ0) is 13.9. The van der Waals surface area contributed by atoms with E-state index in [0.29, 0.717) is 6.61 Å². The summed E-state index contributed by atoms with van der Waals surface area (Å²) < 4.78 is 5.81. The number of hydrogen-bond acceptors (Lipinski definition) is 6. The second-order valence-corrected chi connectivity index (χ2v) is 4.87. The number of ether oxygens (including phenoxy) is 1. The third-order valence-corrected chi connectivity index (χ3v) is 3.30. The number of morpholine rings is 1. The van der Waals surface area contributed by atoms with Gasteiger partial charge in [-0.3, -0.25) is 0 Å². The number of aryl methyl sites for hydroxylation is 2. The van der Waals surface area contributed by atoms with Gasteiger partial charge in [-0.25, -0.2) is 9.97 Å². The molecular formula is C14H17N5O. The van der Waals surface area contributed by atoms with Crippen molar-refractivity contribution in [3.8, 4) is 0 Å². The zero-order valence-corrected chi connectivity index (χ0v) is 11.7. The lowest BCUT2D eigenvalue weighted by molar-refractivity contribution is 0.0365. The Balaban J connectivity index is 1.78. The normalized spacial score (nSPS) is 19.1. The highest BCUT2D eigenvalue weighted by Crippen LogP contribution is 2.23. The van der Waals surface area contributed by atoms with Gasteiger partial charge in [0.25, 0.3) is 0 Å². The van der Waals surface area contributed by atoms with Crippen molar-refractivity contribution in [2.24, 2.45) is 0 Å². The second kappa shape index (κ2) is 5.50. The van der Waals surface area contributed by atoms with Gasteiger partial charge >= 0.3 is 0 Å². The quantitative estimate of drug-likeness (QED) is 0.824. The molecule has 1 fully saturated rings. The Bertz CT molecular complexity index is 586. The molecule has 104 valence electrons. The summed E-state index contributed by atoms with van der Waals surface area (Å²) in [4.78, 5) is 10.7. The van der Waals surface area contributed by atoms with E-state index in [2.05, 4.69) is 25.1 Å². The largest absolute Gasteiger partial charge is 0.368 e. The van der Waals surface area contributed by atoms with E-state index in [0.717, 1.165) is 36.1 Å². The minimum atomic E-state index is -0.0476. The molecule has 3 rings (SSSR count). The summed E-state index contributed by atoms with van der Waals surface area (Å²) in [6.45, 7) is 6.02. The van der Waals surface area contributed by atoms with E-state index < -0.39 is 0 Å². The van der Waals surface area contributed by atoms with Gasteiger partial charge in [-0.1, -0.05) is 0 Å². The number of hydrogen-bond donors (Lipinski definition) is 0. The minimum absolute atomic E-state index is 0.0476. The maximum absolute atomic E-state index is 5.81. The molecule has 0 aliphatic carbocycles. The Morgan fingerprint density at radius 3 is 2.85 bits per heavy atom. The van der Waals surface area contributed by atoms with Crippen LogP contribution in [0.2, 0.25) is 0 Å². The molecule has 0 saturated carbocycles. The first kappa shape index (κ1) is 12.9. The molecule has 6 nitrogen and oxygen atoms in total. The van der Waals surface area contributed by atoms with Crippen molar-refractivity contribution in [3.05, 3.63) is 41.6 Å². The monoisotopic (exact) mass is 271 g/mol. The van der Waals surface area contributed by atoms with Crippen LogP contribution >= 0.6 is 0 Å². The van der Waals surface area contributed by atoms with E-state index in [1.54, 1.807) is 6.20 Å². The van der Waals surface area contributed by atoms with Crippen molar-refractivity contribution in [2.45, 2.75) is 20.0 Å². The fraction of sp³-hybridized carbons (Fsp3) is 0.429. The second-order valence-electron chi connectivity index (χ2n) is 4.87. The Morgan fingerprint density at radius 1 is 1.20 bits per heavy atom. The van der Waals surface area contributed by atoms with Gasteiger partial charge in [0.2, 0.25) is 0 Å². The molecule has 6 heteroatoms. The molecule has 0 bridgehead atoms. The van der Waals surface area contributed by atoms with Crippen molar-refractivity contribution < 1.29 is 4.74 Å². The SMILES string of the molecule is Cc1ccc(N2CCO[C@@H](c3ccnc(C)n3)C2)nn1. The van der Waals surface area contributed by atoms with E-state index in [1.807, 2.05) is 32.0 Å². The number of rotatable bonds is 2. The third-order valence-electron chi connectivity index (χ3n) is 3.30. The molecular weight excluding hydrogens is 254 g/mol. The van der Waals surface area contributed by atoms with Crippen LogP contribution in [0.5, 0.6) is 0 Å². The predicted molar refractivity (Wildman–Crippen MR) is 74.4 cm³/mol. The average Bonchev–Trinajstić information content (AvgIpc) is 2.48. The van der Waals surface area contributed by atoms with Crippen molar-refractivity contribution in [3.63, 3.8) is 0 Å². The third kappa shape index (κ3) is 2.75. The van der Waals surface area contributed by atoms with E-state index in [4.69, 9.17) is 4.74 Å². The maximum Gasteiger partial charge on any atom is 0.151 e. The first-order valence-electron chi connectivity index (χ1n) is 6.69. The molecule has 0 unspecified atom stereocenters. The average molecular weight is 271 g/mol. The van der Waals surface area contributed by atoms with E-state index in [-0.39, 0.29) is 6.10 Å². The summed E-state index contributed by atoms with van der Waals surface area (Å²) in [6.07, 6.45) is 1.72. The molecule has 2 aromatic rings. The van der Waals surface area contributed by atoms with Crippen LogP contribution in [0.4, 0.5) is 5.82 Å². The first-order chi connectivity index (χ1) is 9.72. The van der Waals surface area contributed by atoms with Gasteiger partial charge in [-0.2, -0.15) is 5.10 Å². The summed E-state index contributed by atoms with van der Waals surface area (Å²) >= 11 is 0. The smallest absolute Gasteiger partial charge is 0.151 e. The van der Waals surface area contributed by atoms with Crippen molar-refractivity contribution in [2.75, 3.05) is 24.6 Å². The lowest BCUT2D eigenvalue weighted by atomic mass is 10.2. The molecule has 2 aromatic heterocycles. The summed E-state index contributed by atoms with van der Waals surface area (Å²) in [5.41, 5.74) is 1.84. The van der Waals surface area contributed by atoms with Gasteiger partial charge < -0.3 is 9.64 Å². The molecule has 0 aromatic carbocycles. The van der Waals surface area contributed by atoms with E-state index in [9.17, 15) is 0 Å². The highest BCUT2D eigenvalue weighted by molar-refractivity contribution is 5.38. The highest BCUT2D eigenvalue weighted by atomic mass is 16.5. The van der Waals surface area contributed by atoms with Gasteiger partial charge in [-0.05, 0) is 32.0 Å². The van der Waals surface area contributed by atoms with Crippen molar-refractivity contribution in [1.29, 1.82) is 0 Å². The predicted octanol–water partition coefficient (Wildman–Crippen LogP) is 1.46. The van der Waals surface area contributed by atoms with Crippen LogP contribution < -0.4 is 4.90 Å². The molecule has 20 heavy (non-hydrogen) atoms. The number of aromatic nitrogens is 4. The fourth-order valence-corrected chi connectivity index (χ4v) is 2.25. The first-order valence-corrected chi connectivity index (χ1v) is 6.69. The standard InChI is InChI=1S/C14H17N5O/c1-10-3-4-14(18-17-10)19-7-8-20-13(9-19)12-5-6-15-11(2)16-12/h3-6,13H,7-9H2,1-2H3/t13-/m1/s1. The summed E-state index contributed by atoms with van der Waals surface area (Å²) in [5.74, 6) is 1.65. The molecule has 0 amide bonds. The van der Waals surface area contributed by atoms with Crippen LogP contribution in [-0.4, -0.2) is 39.9 Å². The Morgan fingerprint density at radius 2 is 2.10 bits per heavy atom. The number of anilines is 1. The Labute approximate surface area is 117 Å². The summed E-state index contributed by atoms with van der Waals surface area (Å²) in [6, 6.07) is 5.87. The van der Waals surface area contributed by atoms with Crippen LogP contribution in [-0.2, 0) is 4.74 Å². The molecule has 1 aliphatic rings. The van der Waals surface area contributed by atoms with Gasteiger partial charge in [0, 0.05) is 12.7 Å².